The molecule has 2 aromatic rings. The molecule has 0 fully saturated rings. The van der Waals surface area contributed by atoms with Crippen molar-refractivity contribution >= 4 is 40.3 Å². The van der Waals surface area contributed by atoms with Gasteiger partial charge in [0.25, 0.3) is 0 Å². The number of anilines is 1. The van der Waals surface area contributed by atoms with Crippen LogP contribution < -0.4 is 5.73 Å². The van der Waals surface area contributed by atoms with Crippen LogP contribution >= 0.6 is 23.4 Å². The van der Waals surface area contributed by atoms with E-state index in [2.05, 4.69) is 15.8 Å². The van der Waals surface area contributed by atoms with Gasteiger partial charge in [0.15, 0.2) is 0 Å². The Morgan fingerprint density at radius 3 is 3.00 bits per heavy atom. The Bertz CT molecular complexity index is 510. The molecular formula is C12H16ClN3S. The van der Waals surface area contributed by atoms with Crippen LogP contribution in [0.15, 0.2) is 18.2 Å². The molecule has 0 aliphatic heterocycles. The highest BCUT2D eigenvalue weighted by atomic mass is 35.5. The second kappa shape index (κ2) is 5.65. The first-order chi connectivity index (χ1) is 8.22. The molecule has 0 saturated heterocycles. The van der Waals surface area contributed by atoms with Crippen LogP contribution in [0.4, 0.5) is 5.95 Å². The number of nitrogen functional groups attached to an aromatic ring is 1. The molecule has 0 radical (unpaired) electrons. The summed E-state index contributed by atoms with van der Waals surface area (Å²) in [5, 5.41) is 0.699. The fourth-order valence-corrected chi connectivity index (χ4v) is 2.53. The third-order valence-electron chi connectivity index (χ3n) is 2.72. The molecule has 5 heteroatoms. The molecule has 0 saturated carbocycles. The quantitative estimate of drug-likeness (QED) is 0.846. The van der Waals surface area contributed by atoms with Crippen LogP contribution in [0.1, 0.15) is 12.8 Å². The molecule has 2 rings (SSSR count). The van der Waals surface area contributed by atoms with Crippen molar-refractivity contribution in [2.24, 2.45) is 0 Å². The Balaban J connectivity index is 2.18. The molecule has 0 aliphatic rings. The van der Waals surface area contributed by atoms with Gasteiger partial charge in [-0.2, -0.15) is 11.8 Å². The number of nitrogens with zero attached hydrogens (tertiary/aromatic N) is 2. The average molecular weight is 270 g/mol. The van der Waals surface area contributed by atoms with Crippen LogP contribution in [0.25, 0.3) is 11.0 Å². The molecule has 0 amide bonds. The van der Waals surface area contributed by atoms with Gasteiger partial charge in [-0.1, -0.05) is 11.6 Å². The Hall–Kier alpha value is -0.870. The monoisotopic (exact) mass is 269 g/mol. The second-order valence-corrected chi connectivity index (χ2v) is 5.38. The minimum Gasteiger partial charge on any atom is -0.369 e. The van der Waals surface area contributed by atoms with E-state index in [1.165, 1.54) is 12.2 Å². The zero-order valence-corrected chi connectivity index (χ0v) is 11.4. The standard InChI is InChI=1S/C12H16ClN3S/c1-17-7-3-2-6-16-11-5-4-9(13)8-10(11)15-12(16)14/h4-5,8H,2-3,6-7H2,1H3,(H2,14,15). The van der Waals surface area contributed by atoms with Gasteiger partial charge < -0.3 is 10.3 Å². The van der Waals surface area contributed by atoms with Crippen LogP contribution in [-0.4, -0.2) is 21.6 Å². The van der Waals surface area contributed by atoms with E-state index in [0.29, 0.717) is 11.0 Å². The van der Waals surface area contributed by atoms with Crippen LogP contribution in [0.2, 0.25) is 5.02 Å². The van der Waals surface area contributed by atoms with Crippen molar-refractivity contribution in [1.29, 1.82) is 0 Å². The van der Waals surface area contributed by atoms with Gasteiger partial charge in [0.05, 0.1) is 11.0 Å². The molecule has 17 heavy (non-hydrogen) atoms. The van der Waals surface area contributed by atoms with E-state index in [1.54, 1.807) is 0 Å². The Morgan fingerprint density at radius 2 is 2.24 bits per heavy atom. The Morgan fingerprint density at radius 1 is 1.41 bits per heavy atom. The van der Waals surface area contributed by atoms with Gasteiger partial charge >= 0.3 is 0 Å². The summed E-state index contributed by atoms with van der Waals surface area (Å²) in [6, 6.07) is 5.71. The molecule has 1 aromatic heterocycles. The fraction of sp³-hybridized carbons (Fsp3) is 0.417. The molecule has 0 aliphatic carbocycles. The number of rotatable bonds is 5. The number of fused-ring (bicyclic) bond motifs is 1. The fourth-order valence-electron chi connectivity index (χ4n) is 1.87. The number of unbranched alkanes of at least 4 members (excludes halogenated alkanes) is 1. The van der Waals surface area contributed by atoms with Gasteiger partial charge in [-0.05, 0) is 43.0 Å². The Kier molecular flexibility index (Phi) is 4.18. The smallest absolute Gasteiger partial charge is 0.201 e. The van der Waals surface area contributed by atoms with E-state index in [1.807, 2.05) is 30.0 Å². The summed E-state index contributed by atoms with van der Waals surface area (Å²) < 4.78 is 2.06. The van der Waals surface area contributed by atoms with Crippen LogP contribution in [0, 0.1) is 0 Å². The third-order valence-corrected chi connectivity index (χ3v) is 3.65. The maximum absolute atomic E-state index is 5.93. The van der Waals surface area contributed by atoms with Gasteiger partial charge in [-0.3, -0.25) is 0 Å². The molecule has 0 unspecified atom stereocenters. The molecule has 0 spiro atoms. The first-order valence-electron chi connectivity index (χ1n) is 5.62. The summed E-state index contributed by atoms with van der Waals surface area (Å²) in [5.41, 5.74) is 7.86. The van der Waals surface area contributed by atoms with Crippen molar-refractivity contribution in [3.63, 3.8) is 0 Å². The van der Waals surface area contributed by atoms with Crippen molar-refractivity contribution in [2.45, 2.75) is 19.4 Å². The normalized spacial score (nSPS) is 11.2. The number of thioether (sulfide) groups is 1. The number of imidazole rings is 1. The van der Waals surface area contributed by atoms with Crippen molar-refractivity contribution < 1.29 is 0 Å². The predicted molar refractivity (Wildman–Crippen MR) is 76.8 cm³/mol. The predicted octanol–water partition coefficient (Wildman–Crippen LogP) is 3.42. The lowest BCUT2D eigenvalue weighted by atomic mass is 10.3. The van der Waals surface area contributed by atoms with Gasteiger partial charge in [0, 0.05) is 11.6 Å². The molecule has 0 bridgehead atoms. The van der Waals surface area contributed by atoms with Crippen molar-refractivity contribution in [2.75, 3.05) is 17.7 Å². The van der Waals surface area contributed by atoms with E-state index in [9.17, 15) is 0 Å². The maximum atomic E-state index is 5.93. The van der Waals surface area contributed by atoms with E-state index in [-0.39, 0.29) is 0 Å². The Labute approximate surface area is 110 Å². The van der Waals surface area contributed by atoms with Gasteiger partial charge in [-0.25, -0.2) is 4.98 Å². The summed E-state index contributed by atoms with van der Waals surface area (Å²) in [4.78, 5) is 4.32. The van der Waals surface area contributed by atoms with Crippen LogP contribution in [-0.2, 0) is 6.54 Å². The van der Waals surface area contributed by atoms with Crippen LogP contribution in [0.5, 0.6) is 0 Å². The lowest BCUT2D eigenvalue weighted by Crippen LogP contribution is -2.03. The SMILES string of the molecule is CSCCCCn1c(N)nc2cc(Cl)ccc21. The number of aromatic nitrogens is 2. The largest absolute Gasteiger partial charge is 0.369 e. The lowest BCUT2D eigenvalue weighted by Gasteiger charge is -2.05. The molecule has 0 atom stereocenters. The van der Waals surface area contributed by atoms with E-state index < -0.39 is 0 Å². The van der Waals surface area contributed by atoms with Gasteiger partial charge in [0.1, 0.15) is 0 Å². The zero-order valence-electron chi connectivity index (χ0n) is 9.82. The highest BCUT2D eigenvalue weighted by Crippen LogP contribution is 2.22. The van der Waals surface area contributed by atoms with Gasteiger partial charge in [-0.15, -0.1) is 0 Å². The van der Waals surface area contributed by atoms with E-state index in [0.717, 1.165) is 24.0 Å². The van der Waals surface area contributed by atoms with E-state index >= 15 is 0 Å². The molecule has 2 N–H and O–H groups in total. The number of benzene rings is 1. The second-order valence-electron chi connectivity index (χ2n) is 3.95. The highest BCUT2D eigenvalue weighted by molar-refractivity contribution is 7.98. The topological polar surface area (TPSA) is 43.8 Å². The number of aryl methyl sites for hydroxylation is 1. The van der Waals surface area contributed by atoms with E-state index in [4.69, 9.17) is 17.3 Å². The molecular weight excluding hydrogens is 254 g/mol. The lowest BCUT2D eigenvalue weighted by molar-refractivity contribution is 0.656. The minimum absolute atomic E-state index is 0.575. The summed E-state index contributed by atoms with van der Waals surface area (Å²) in [6.45, 7) is 0.921. The third kappa shape index (κ3) is 2.87. The van der Waals surface area contributed by atoms with Crippen molar-refractivity contribution in [1.82, 2.24) is 9.55 Å². The summed E-state index contributed by atoms with van der Waals surface area (Å²) in [7, 11) is 0. The summed E-state index contributed by atoms with van der Waals surface area (Å²) in [5.74, 6) is 1.77. The van der Waals surface area contributed by atoms with Crippen molar-refractivity contribution in [3.8, 4) is 0 Å². The first-order valence-corrected chi connectivity index (χ1v) is 7.40. The molecule has 1 aromatic carbocycles. The summed E-state index contributed by atoms with van der Waals surface area (Å²) in [6.07, 6.45) is 4.45. The number of halogens is 1. The first kappa shape index (κ1) is 12.6. The number of nitrogens with two attached hydrogens (primary N) is 1. The summed E-state index contributed by atoms with van der Waals surface area (Å²) >= 11 is 7.81. The average Bonchev–Trinajstić information content (AvgIpc) is 2.60. The van der Waals surface area contributed by atoms with Gasteiger partial charge in [0.2, 0.25) is 5.95 Å². The minimum atomic E-state index is 0.575. The maximum Gasteiger partial charge on any atom is 0.201 e. The zero-order chi connectivity index (χ0) is 12.3. The number of hydrogen-bond acceptors (Lipinski definition) is 3. The highest BCUT2D eigenvalue weighted by Gasteiger charge is 2.07. The van der Waals surface area contributed by atoms with Crippen LogP contribution in [0.3, 0.4) is 0 Å². The van der Waals surface area contributed by atoms with Crippen molar-refractivity contribution in [3.05, 3.63) is 23.2 Å². The molecule has 92 valence electrons. The number of hydrogen-bond donors (Lipinski definition) is 1. The molecule has 3 nitrogen and oxygen atoms in total. The molecule has 1 heterocycles.